The van der Waals surface area contributed by atoms with Crippen molar-refractivity contribution in [3.63, 3.8) is 0 Å². The molecule has 1 amide bonds. The van der Waals surface area contributed by atoms with E-state index in [1.165, 1.54) is 6.07 Å². The summed E-state index contributed by atoms with van der Waals surface area (Å²) in [6, 6.07) is 3.68. The molecular weight excluding hydrogens is 293 g/mol. The number of hydrogen-bond acceptors (Lipinski definition) is 3. The molecule has 1 aromatic rings. The van der Waals surface area contributed by atoms with E-state index in [0.29, 0.717) is 22.2 Å². The third kappa shape index (κ3) is 4.96. The summed E-state index contributed by atoms with van der Waals surface area (Å²) >= 11 is 11.5. The zero-order valence-corrected chi connectivity index (χ0v) is 11.7. The Balaban J connectivity index is 2.49. The van der Waals surface area contributed by atoms with E-state index in [2.05, 4.69) is 5.32 Å². The van der Waals surface area contributed by atoms with Gasteiger partial charge in [-0.1, -0.05) is 30.1 Å². The molecule has 0 bridgehead atoms. The molecule has 0 aromatic heterocycles. The smallest absolute Gasteiger partial charge is 0.326 e. The number of nitrogens with one attached hydrogen (secondary N) is 1. The number of carbonyl (C=O) groups excluding carboxylic acids is 1. The maximum atomic E-state index is 11.5. The summed E-state index contributed by atoms with van der Waals surface area (Å²) in [6.45, 7) is 1.38. The van der Waals surface area contributed by atoms with Gasteiger partial charge in [-0.05, 0) is 18.6 Å². The fourth-order valence-electron chi connectivity index (χ4n) is 1.29. The number of benzene rings is 1. The average molecular weight is 306 g/mol. The lowest BCUT2D eigenvalue weighted by molar-refractivity contribution is -0.142. The van der Waals surface area contributed by atoms with E-state index in [1.54, 1.807) is 19.1 Å². The normalized spacial score (nSPS) is 11.7. The van der Waals surface area contributed by atoms with E-state index in [-0.39, 0.29) is 6.61 Å². The number of halogens is 2. The molecule has 0 heterocycles. The highest BCUT2D eigenvalue weighted by molar-refractivity contribution is 6.42. The molecule has 19 heavy (non-hydrogen) atoms. The Hall–Kier alpha value is -1.46. The van der Waals surface area contributed by atoms with Gasteiger partial charge in [-0.2, -0.15) is 0 Å². The summed E-state index contributed by atoms with van der Waals surface area (Å²) in [7, 11) is 0. The molecule has 1 aromatic carbocycles. The molecule has 0 spiro atoms. The van der Waals surface area contributed by atoms with Crippen molar-refractivity contribution in [3.8, 4) is 5.75 Å². The van der Waals surface area contributed by atoms with E-state index >= 15 is 0 Å². The topological polar surface area (TPSA) is 75.6 Å². The average Bonchev–Trinajstić information content (AvgIpc) is 2.37. The Morgan fingerprint density at radius 3 is 2.58 bits per heavy atom. The van der Waals surface area contributed by atoms with E-state index in [0.717, 1.165) is 0 Å². The van der Waals surface area contributed by atoms with Gasteiger partial charge in [-0.25, -0.2) is 4.79 Å². The predicted octanol–water partition coefficient (Wildman–Crippen LogP) is 2.35. The predicted molar refractivity (Wildman–Crippen MR) is 71.8 cm³/mol. The summed E-state index contributed by atoms with van der Waals surface area (Å²) in [5.41, 5.74) is 0. The van der Waals surface area contributed by atoms with Crippen LogP contribution < -0.4 is 10.1 Å². The van der Waals surface area contributed by atoms with Crippen molar-refractivity contribution in [2.75, 3.05) is 6.61 Å². The lowest BCUT2D eigenvalue weighted by Crippen LogP contribution is -2.42. The first-order chi connectivity index (χ1) is 8.93. The lowest BCUT2D eigenvalue weighted by Gasteiger charge is -2.12. The number of carboxylic acids is 1. The van der Waals surface area contributed by atoms with Gasteiger partial charge >= 0.3 is 5.97 Å². The fourth-order valence-corrected chi connectivity index (χ4v) is 1.58. The molecule has 0 fully saturated rings. The Morgan fingerprint density at radius 2 is 2.05 bits per heavy atom. The van der Waals surface area contributed by atoms with Crippen LogP contribution in [0.3, 0.4) is 0 Å². The van der Waals surface area contributed by atoms with Gasteiger partial charge in [0.05, 0.1) is 10.0 Å². The molecule has 0 saturated heterocycles. The molecule has 0 aliphatic rings. The van der Waals surface area contributed by atoms with Crippen LogP contribution in [0.1, 0.15) is 13.3 Å². The van der Waals surface area contributed by atoms with Crippen molar-refractivity contribution in [1.82, 2.24) is 5.32 Å². The molecule has 2 N–H and O–H groups in total. The van der Waals surface area contributed by atoms with Crippen LogP contribution in [-0.2, 0) is 9.59 Å². The van der Waals surface area contributed by atoms with Crippen LogP contribution in [0.2, 0.25) is 10.0 Å². The van der Waals surface area contributed by atoms with Gasteiger partial charge < -0.3 is 15.2 Å². The number of aliphatic carboxylic acids is 1. The lowest BCUT2D eigenvalue weighted by atomic mass is 10.2. The zero-order valence-electron chi connectivity index (χ0n) is 10.2. The minimum absolute atomic E-state index is 0.290. The van der Waals surface area contributed by atoms with Crippen LogP contribution >= 0.6 is 23.2 Å². The highest BCUT2D eigenvalue weighted by Gasteiger charge is 2.17. The van der Waals surface area contributed by atoms with Crippen molar-refractivity contribution < 1.29 is 19.4 Å². The Labute approximate surface area is 120 Å². The summed E-state index contributed by atoms with van der Waals surface area (Å²) in [5.74, 6) is -1.21. The van der Waals surface area contributed by atoms with Gasteiger partial charge in [0, 0.05) is 6.07 Å². The summed E-state index contributed by atoms with van der Waals surface area (Å²) in [6.07, 6.45) is 0.299. The monoisotopic (exact) mass is 305 g/mol. The number of hydrogen-bond donors (Lipinski definition) is 2. The van der Waals surface area contributed by atoms with E-state index in [9.17, 15) is 9.59 Å². The van der Waals surface area contributed by atoms with Crippen LogP contribution in [0.15, 0.2) is 18.2 Å². The standard InChI is InChI=1S/C12H13Cl2NO4/c1-2-10(12(17)18)15-11(16)6-19-7-3-4-8(13)9(14)5-7/h3-5,10H,2,6H2,1H3,(H,15,16)(H,17,18)/t10-/m1/s1. The first kappa shape index (κ1) is 15.6. The van der Waals surface area contributed by atoms with E-state index < -0.39 is 17.9 Å². The third-order valence-corrected chi connectivity index (χ3v) is 3.04. The third-order valence-electron chi connectivity index (χ3n) is 2.30. The Kier molecular flexibility index (Phi) is 5.92. The SMILES string of the molecule is CC[C@@H](NC(=O)COc1ccc(Cl)c(Cl)c1)C(=O)O. The first-order valence-electron chi connectivity index (χ1n) is 5.54. The van der Waals surface area contributed by atoms with Crippen molar-refractivity contribution in [3.05, 3.63) is 28.2 Å². The quantitative estimate of drug-likeness (QED) is 0.846. The molecule has 104 valence electrons. The van der Waals surface area contributed by atoms with Crippen molar-refractivity contribution in [2.45, 2.75) is 19.4 Å². The van der Waals surface area contributed by atoms with Gasteiger partial charge in [-0.15, -0.1) is 0 Å². The van der Waals surface area contributed by atoms with Crippen molar-refractivity contribution >= 4 is 35.1 Å². The van der Waals surface area contributed by atoms with E-state index in [4.69, 9.17) is 33.0 Å². The van der Waals surface area contributed by atoms with Crippen molar-refractivity contribution in [2.24, 2.45) is 0 Å². The minimum atomic E-state index is -1.08. The second-order valence-electron chi connectivity index (χ2n) is 3.73. The molecule has 5 nitrogen and oxygen atoms in total. The van der Waals surface area contributed by atoms with Crippen LogP contribution in [-0.4, -0.2) is 29.6 Å². The molecule has 0 aliphatic heterocycles. The van der Waals surface area contributed by atoms with Gasteiger partial charge in [0.2, 0.25) is 0 Å². The Morgan fingerprint density at radius 1 is 1.37 bits per heavy atom. The number of ether oxygens (including phenoxy) is 1. The van der Waals surface area contributed by atoms with Crippen LogP contribution in [0.25, 0.3) is 0 Å². The Bertz CT molecular complexity index is 479. The van der Waals surface area contributed by atoms with Crippen LogP contribution in [0.4, 0.5) is 0 Å². The highest BCUT2D eigenvalue weighted by Crippen LogP contribution is 2.26. The molecule has 0 unspecified atom stereocenters. The van der Waals surface area contributed by atoms with Gasteiger partial charge in [0.1, 0.15) is 11.8 Å². The van der Waals surface area contributed by atoms with Crippen molar-refractivity contribution in [1.29, 1.82) is 0 Å². The largest absolute Gasteiger partial charge is 0.484 e. The van der Waals surface area contributed by atoms with Crippen LogP contribution in [0, 0.1) is 0 Å². The molecule has 7 heteroatoms. The molecule has 0 saturated carbocycles. The number of amides is 1. The molecular formula is C12H13Cl2NO4. The molecule has 1 atom stereocenters. The van der Waals surface area contributed by atoms with Crippen LogP contribution in [0.5, 0.6) is 5.75 Å². The molecule has 1 rings (SSSR count). The van der Waals surface area contributed by atoms with Gasteiger partial charge in [-0.3, -0.25) is 4.79 Å². The van der Waals surface area contributed by atoms with E-state index in [1.807, 2.05) is 0 Å². The second-order valence-corrected chi connectivity index (χ2v) is 4.55. The highest BCUT2D eigenvalue weighted by atomic mass is 35.5. The number of carbonyl (C=O) groups is 2. The summed E-state index contributed by atoms with van der Waals surface area (Å²) in [5, 5.41) is 11.8. The molecule has 0 radical (unpaired) electrons. The number of carboxylic acid groups (broad SMARTS) is 1. The minimum Gasteiger partial charge on any atom is -0.484 e. The first-order valence-corrected chi connectivity index (χ1v) is 6.29. The second kappa shape index (κ2) is 7.21. The van der Waals surface area contributed by atoms with Gasteiger partial charge in [0.15, 0.2) is 6.61 Å². The molecule has 0 aliphatic carbocycles. The number of rotatable bonds is 6. The zero-order chi connectivity index (χ0) is 14.4. The summed E-state index contributed by atoms with van der Waals surface area (Å²) < 4.78 is 5.18. The van der Waals surface area contributed by atoms with Gasteiger partial charge in [0.25, 0.3) is 5.91 Å². The summed E-state index contributed by atoms with van der Waals surface area (Å²) in [4.78, 5) is 22.2. The maximum absolute atomic E-state index is 11.5. The fraction of sp³-hybridized carbons (Fsp3) is 0.333. The maximum Gasteiger partial charge on any atom is 0.326 e.